The van der Waals surface area contributed by atoms with Crippen LogP contribution in [0.1, 0.15) is 5.76 Å². The minimum atomic E-state index is 0.862. The van der Waals surface area contributed by atoms with E-state index in [-0.39, 0.29) is 0 Å². The van der Waals surface area contributed by atoms with E-state index in [4.69, 9.17) is 4.42 Å². The van der Waals surface area contributed by atoms with E-state index in [1.54, 1.807) is 6.08 Å². The molecule has 0 saturated carbocycles. The van der Waals surface area contributed by atoms with Gasteiger partial charge in [-0.15, -0.1) is 0 Å². The van der Waals surface area contributed by atoms with Crippen LogP contribution in [0, 0.1) is 0 Å². The van der Waals surface area contributed by atoms with Crippen LogP contribution in [0.5, 0.6) is 0 Å². The molecule has 2 aromatic rings. The van der Waals surface area contributed by atoms with E-state index in [2.05, 4.69) is 6.58 Å². The Morgan fingerprint density at radius 3 is 2.85 bits per heavy atom. The topological polar surface area (TPSA) is 13.1 Å². The Balaban J connectivity index is 2.49. The summed E-state index contributed by atoms with van der Waals surface area (Å²) in [5.41, 5.74) is 0.922. The quantitative estimate of drug-likeness (QED) is 0.627. The molecular formula is C12H10O. The molecule has 64 valence electrons. The Morgan fingerprint density at radius 2 is 2.08 bits per heavy atom. The third kappa shape index (κ3) is 1.54. The van der Waals surface area contributed by atoms with Gasteiger partial charge in [0, 0.05) is 5.39 Å². The fourth-order valence-corrected chi connectivity index (χ4v) is 1.25. The van der Waals surface area contributed by atoms with Crippen molar-refractivity contribution in [1.29, 1.82) is 0 Å². The largest absolute Gasteiger partial charge is 0.457 e. The summed E-state index contributed by atoms with van der Waals surface area (Å²) in [6.07, 6.45) is 5.48. The van der Waals surface area contributed by atoms with Gasteiger partial charge in [0.15, 0.2) is 0 Å². The molecule has 1 aromatic carbocycles. The van der Waals surface area contributed by atoms with Crippen LogP contribution in [0.4, 0.5) is 0 Å². The summed E-state index contributed by atoms with van der Waals surface area (Å²) in [5.74, 6) is 0.862. The number of hydrogen-bond acceptors (Lipinski definition) is 1. The normalized spacial score (nSPS) is 11.1. The Morgan fingerprint density at radius 1 is 1.23 bits per heavy atom. The molecule has 0 bridgehead atoms. The number of furan rings is 1. The maximum atomic E-state index is 5.54. The van der Waals surface area contributed by atoms with Crippen LogP contribution in [0.15, 0.2) is 53.5 Å². The highest BCUT2D eigenvalue weighted by atomic mass is 16.3. The molecule has 1 aromatic heterocycles. The van der Waals surface area contributed by atoms with E-state index in [1.807, 2.05) is 42.5 Å². The predicted octanol–water partition coefficient (Wildman–Crippen LogP) is 3.63. The minimum Gasteiger partial charge on any atom is -0.457 e. The van der Waals surface area contributed by atoms with Crippen molar-refractivity contribution in [3.05, 3.63) is 54.8 Å². The molecule has 13 heavy (non-hydrogen) atoms. The van der Waals surface area contributed by atoms with Gasteiger partial charge in [0.25, 0.3) is 0 Å². The van der Waals surface area contributed by atoms with E-state index >= 15 is 0 Å². The molecule has 1 heteroatoms. The molecule has 0 aliphatic rings. The van der Waals surface area contributed by atoms with Gasteiger partial charge in [0.1, 0.15) is 11.3 Å². The van der Waals surface area contributed by atoms with Crippen molar-refractivity contribution in [2.45, 2.75) is 0 Å². The fourth-order valence-electron chi connectivity index (χ4n) is 1.25. The van der Waals surface area contributed by atoms with Crippen LogP contribution < -0.4 is 0 Å². The summed E-state index contributed by atoms with van der Waals surface area (Å²) in [7, 11) is 0. The van der Waals surface area contributed by atoms with E-state index < -0.39 is 0 Å². The number of para-hydroxylation sites is 1. The van der Waals surface area contributed by atoms with Gasteiger partial charge in [-0.05, 0) is 18.2 Å². The highest BCUT2D eigenvalue weighted by Gasteiger charge is 1.97. The summed E-state index contributed by atoms with van der Waals surface area (Å²) in [6, 6.07) is 9.96. The average molecular weight is 170 g/mol. The molecule has 0 radical (unpaired) electrons. The van der Waals surface area contributed by atoms with Crippen molar-refractivity contribution in [2.75, 3.05) is 0 Å². The number of benzene rings is 1. The van der Waals surface area contributed by atoms with Gasteiger partial charge in [0.05, 0.1) is 0 Å². The summed E-state index contributed by atoms with van der Waals surface area (Å²) >= 11 is 0. The van der Waals surface area contributed by atoms with Crippen LogP contribution in [-0.4, -0.2) is 0 Å². The van der Waals surface area contributed by atoms with Gasteiger partial charge < -0.3 is 4.42 Å². The molecule has 0 amide bonds. The molecule has 0 N–H and O–H groups in total. The molecule has 0 fully saturated rings. The van der Waals surface area contributed by atoms with Crippen molar-refractivity contribution in [3.63, 3.8) is 0 Å². The smallest absolute Gasteiger partial charge is 0.134 e. The SMILES string of the molecule is C=C/C=C\c1cc2ccccc2o1. The maximum Gasteiger partial charge on any atom is 0.134 e. The molecule has 1 heterocycles. The lowest BCUT2D eigenvalue weighted by molar-refractivity contribution is 0.604. The Hall–Kier alpha value is -1.76. The second kappa shape index (κ2) is 3.31. The fraction of sp³-hybridized carbons (Fsp3) is 0. The maximum absolute atomic E-state index is 5.54. The summed E-state index contributed by atoms with van der Waals surface area (Å²) in [6.45, 7) is 3.60. The van der Waals surface area contributed by atoms with Crippen LogP contribution in [0.25, 0.3) is 17.0 Å². The van der Waals surface area contributed by atoms with Crippen molar-refractivity contribution < 1.29 is 4.42 Å². The number of hydrogen-bond donors (Lipinski definition) is 0. The molecule has 0 aliphatic heterocycles. The van der Waals surface area contributed by atoms with E-state index in [0.29, 0.717) is 0 Å². The van der Waals surface area contributed by atoms with Crippen LogP contribution in [-0.2, 0) is 0 Å². The zero-order chi connectivity index (χ0) is 9.10. The second-order valence-corrected chi connectivity index (χ2v) is 2.78. The Bertz CT molecular complexity index is 416. The number of fused-ring (bicyclic) bond motifs is 1. The molecular weight excluding hydrogens is 160 g/mol. The van der Waals surface area contributed by atoms with E-state index in [1.165, 1.54) is 0 Å². The molecule has 1 nitrogen and oxygen atoms in total. The molecule has 0 saturated heterocycles. The van der Waals surface area contributed by atoms with Crippen LogP contribution in [0.3, 0.4) is 0 Å². The molecule has 0 spiro atoms. The van der Waals surface area contributed by atoms with Crippen molar-refractivity contribution in [2.24, 2.45) is 0 Å². The first-order valence-electron chi connectivity index (χ1n) is 4.18. The highest BCUT2D eigenvalue weighted by Crippen LogP contribution is 2.19. The lowest BCUT2D eigenvalue weighted by atomic mass is 10.2. The van der Waals surface area contributed by atoms with Gasteiger partial charge in [-0.1, -0.05) is 36.9 Å². The highest BCUT2D eigenvalue weighted by molar-refractivity contribution is 5.79. The zero-order valence-corrected chi connectivity index (χ0v) is 7.23. The number of allylic oxidation sites excluding steroid dienone is 2. The van der Waals surface area contributed by atoms with Gasteiger partial charge in [-0.25, -0.2) is 0 Å². The minimum absolute atomic E-state index is 0.862. The zero-order valence-electron chi connectivity index (χ0n) is 7.23. The predicted molar refractivity (Wildman–Crippen MR) is 55.4 cm³/mol. The first-order chi connectivity index (χ1) is 6.40. The van der Waals surface area contributed by atoms with Gasteiger partial charge in [0.2, 0.25) is 0 Å². The van der Waals surface area contributed by atoms with Gasteiger partial charge >= 0.3 is 0 Å². The number of rotatable bonds is 2. The molecule has 0 unspecified atom stereocenters. The van der Waals surface area contributed by atoms with Crippen molar-refractivity contribution >= 4 is 17.0 Å². The third-order valence-electron chi connectivity index (χ3n) is 1.84. The van der Waals surface area contributed by atoms with Gasteiger partial charge in [-0.2, -0.15) is 0 Å². The lowest BCUT2D eigenvalue weighted by Gasteiger charge is -1.82. The van der Waals surface area contributed by atoms with Crippen LogP contribution >= 0.6 is 0 Å². The van der Waals surface area contributed by atoms with Gasteiger partial charge in [-0.3, -0.25) is 0 Å². The summed E-state index contributed by atoms with van der Waals surface area (Å²) < 4.78 is 5.54. The van der Waals surface area contributed by atoms with Crippen molar-refractivity contribution in [3.8, 4) is 0 Å². The van der Waals surface area contributed by atoms with Crippen LogP contribution in [0.2, 0.25) is 0 Å². The third-order valence-corrected chi connectivity index (χ3v) is 1.84. The lowest BCUT2D eigenvalue weighted by Crippen LogP contribution is -1.57. The Labute approximate surface area is 77.0 Å². The van der Waals surface area contributed by atoms with E-state index in [9.17, 15) is 0 Å². The molecule has 2 rings (SSSR count). The molecule has 0 atom stereocenters. The average Bonchev–Trinajstić information content (AvgIpc) is 2.57. The summed E-state index contributed by atoms with van der Waals surface area (Å²) in [5, 5.41) is 1.13. The first kappa shape index (κ1) is 7.87. The van der Waals surface area contributed by atoms with Crippen molar-refractivity contribution in [1.82, 2.24) is 0 Å². The second-order valence-electron chi connectivity index (χ2n) is 2.78. The van der Waals surface area contributed by atoms with E-state index in [0.717, 1.165) is 16.7 Å². The first-order valence-corrected chi connectivity index (χ1v) is 4.18. The Kier molecular flexibility index (Phi) is 2.01. The standard InChI is InChI=1S/C12H10O/c1-2-3-7-11-9-10-6-4-5-8-12(10)13-11/h2-9H,1H2/b7-3-. The summed E-state index contributed by atoms with van der Waals surface area (Å²) in [4.78, 5) is 0. The monoisotopic (exact) mass is 170 g/mol. The molecule has 0 aliphatic carbocycles.